The molecule has 0 aromatic carbocycles. The Hall–Kier alpha value is -1.46. The number of nitrogens with two attached hydrogens (primary N) is 1. The predicted molar refractivity (Wildman–Crippen MR) is 76.3 cm³/mol. The van der Waals surface area contributed by atoms with E-state index in [1.54, 1.807) is 12.4 Å². The van der Waals surface area contributed by atoms with Crippen molar-refractivity contribution in [2.24, 2.45) is 10.7 Å². The van der Waals surface area contributed by atoms with Crippen molar-refractivity contribution in [1.82, 2.24) is 0 Å². The number of nitrogens with zero attached hydrogens (tertiary/aromatic N) is 2. The molecule has 0 spiro atoms. The van der Waals surface area contributed by atoms with E-state index in [0.717, 1.165) is 31.5 Å². The number of allylic oxidation sites excluding steroid dienone is 2. The van der Waals surface area contributed by atoms with Crippen LogP contribution in [0.25, 0.3) is 0 Å². The molecule has 0 saturated heterocycles. The number of quaternary nitrogens is 1. The third-order valence-corrected chi connectivity index (χ3v) is 3.33. The van der Waals surface area contributed by atoms with Crippen LogP contribution in [0.15, 0.2) is 29.5 Å². The Kier molecular flexibility index (Phi) is 5.92. The van der Waals surface area contributed by atoms with Crippen LogP contribution in [0.1, 0.15) is 39.5 Å². The number of hydrogen-bond donors (Lipinski definition) is 2. The van der Waals surface area contributed by atoms with E-state index in [2.05, 4.69) is 24.1 Å². The zero-order valence-electron chi connectivity index (χ0n) is 11.7. The molecule has 19 heavy (non-hydrogen) atoms. The summed E-state index contributed by atoms with van der Waals surface area (Å²) in [5, 5.41) is 9.08. The van der Waals surface area contributed by atoms with Crippen LogP contribution in [0.2, 0.25) is 0 Å². The highest BCUT2D eigenvalue weighted by Gasteiger charge is 2.40. The molecule has 1 rings (SSSR count). The molecule has 106 valence electrons. The van der Waals surface area contributed by atoms with E-state index in [9.17, 15) is 4.79 Å². The maximum atomic E-state index is 11.1. The van der Waals surface area contributed by atoms with Gasteiger partial charge in [-0.25, -0.2) is 14.3 Å². The van der Waals surface area contributed by atoms with Crippen molar-refractivity contribution in [3.05, 3.63) is 24.6 Å². The summed E-state index contributed by atoms with van der Waals surface area (Å²) < 4.78 is 0.146. The lowest BCUT2D eigenvalue weighted by Crippen LogP contribution is -2.59. The van der Waals surface area contributed by atoms with E-state index >= 15 is 0 Å². The molecule has 3 N–H and O–H groups in total. The minimum absolute atomic E-state index is 0.0438. The van der Waals surface area contributed by atoms with Crippen molar-refractivity contribution >= 4 is 11.8 Å². The molecule has 0 fully saturated rings. The molecule has 0 aromatic heterocycles. The molecule has 1 heterocycles. The first-order valence-electron chi connectivity index (χ1n) is 6.77. The Morgan fingerprint density at radius 1 is 1.58 bits per heavy atom. The molecule has 2 unspecified atom stereocenters. The van der Waals surface area contributed by atoms with Gasteiger partial charge in [0, 0.05) is 13.3 Å². The molecule has 5 heteroatoms. The number of rotatable bonds is 8. The molecule has 1 aliphatic heterocycles. The second-order valence-electron chi connectivity index (χ2n) is 4.84. The first-order valence-corrected chi connectivity index (χ1v) is 6.77. The normalized spacial score (nSPS) is 23.8. The topological polar surface area (TPSA) is 75.7 Å². The fourth-order valence-corrected chi connectivity index (χ4v) is 2.25. The van der Waals surface area contributed by atoms with Gasteiger partial charge in [-0.3, -0.25) is 5.73 Å². The monoisotopic (exact) mass is 266 g/mol. The summed E-state index contributed by atoms with van der Waals surface area (Å²) in [5.74, 6) is -0.00951. The molecule has 2 atom stereocenters. The van der Waals surface area contributed by atoms with Crippen LogP contribution in [0.3, 0.4) is 0 Å². The standard InChI is InChI=1S/C14H23N3O2/c1-3-4-5-6-7-8-13-16-9-10-17(13,12(2)15)11-14(18)19/h4-5,9-10,12H,3,6-8,11,15H2,1-2H3/p+1/b5-4+. The number of hydrogen-bond acceptors (Lipinski definition) is 3. The van der Waals surface area contributed by atoms with Crippen molar-refractivity contribution in [1.29, 1.82) is 0 Å². The van der Waals surface area contributed by atoms with E-state index < -0.39 is 5.97 Å². The van der Waals surface area contributed by atoms with Gasteiger partial charge in [-0.1, -0.05) is 19.1 Å². The van der Waals surface area contributed by atoms with E-state index in [4.69, 9.17) is 10.8 Å². The molecule has 1 aliphatic rings. The Morgan fingerprint density at radius 3 is 2.89 bits per heavy atom. The van der Waals surface area contributed by atoms with Gasteiger partial charge >= 0.3 is 5.97 Å². The highest BCUT2D eigenvalue weighted by Crippen LogP contribution is 2.22. The number of carboxylic acid groups (broad SMARTS) is 1. The fourth-order valence-electron chi connectivity index (χ4n) is 2.25. The molecule has 0 amide bonds. The van der Waals surface area contributed by atoms with Gasteiger partial charge < -0.3 is 5.11 Å². The SMILES string of the molecule is CC/C=C/CCCC1=NC=C[N+]1(CC(=O)O)C(C)N. The molecular weight excluding hydrogens is 242 g/mol. The number of carbonyl (C=O) groups is 1. The Labute approximate surface area is 114 Å². The van der Waals surface area contributed by atoms with Gasteiger partial charge in [0.1, 0.15) is 12.4 Å². The average Bonchev–Trinajstić information content (AvgIpc) is 2.72. The van der Waals surface area contributed by atoms with Gasteiger partial charge in [0.05, 0.1) is 6.20 Å². The Bertz CT molecular complexity index is 399. The third kappa shape index (κ3) is 4.01. The van der Waals surface area contributed by atoms with Crippen LogP contribution in [0.5, 0.6) is 0 Å². The van der Waals surface area contributed by atoms with E-state index in [1.807, 2.05) is 6.92 Å². The minimum atomic E-state index is -0.859. The van der Waals surface area contributed by atoms with E-state index in [0.29, 0.717) is 0 Å². The second kappa shape index (κ2) is 7.21. The molecule has 0 saturated carbocycles. The summed E-state index contributed by atoms with van der Waals surface area (Å²) >= 11 is 0. The lowest BCUT2D eigenvalue weighted by Gasteiger charge is -2.34. The third-order valence-electron chi connectivity index (χ3n) is 3.33. The van der Waals surface area contributed by atoms with Crippen LogP contribution in [0.4, 0.5) is 0 Å². The zero-order valence-corrected chi connectivity index (χ0v) is 11.7. The number of aliphatic carboxylic acids is 1. The minimum Gasteiger partial charge on any atom is -0.477 e. The van der Waals surface area contributed by atoms with Gasteiger partial charge in [0.25, 0.3) is 0 Å². The van der Waals surface area contributed by atoms with Gasteiger partial charge in [0.2, 0.25) is 5.84 Å². The summed E-state index contributed by atoms with van der Waals surface area (Å²) in [6, 6.07) is 0. The highest BCUT2D eigenvalue weighted by molar-refractivity contribution is 5.81. The number of unbranched alkanes of at least 4 members (excludes halogenated alkanes) is 1. The maximum Gasteiger partial charge on any atom is 0.360 e. The molecule has 5 nitrogen and oxygen atoms in total. The quantitative estimate of drug-likeness (QED) is 0.402. The van der Waals surface area contributed by atoms with Gasteiger partial charge in [-0.05, 0) is 19.3 Å². The van der Waals surface area contributed by atoms with Crippen LogP contribution in [-0.2, 0) is 4.79 Å². The fraction of sp³-hybridized carbons (Fsp3) is 0.571. The largest absolute Gasteiger partial charge is 0.477 e. The van der Waals surface area contributed by atoms with Crippen molar-refractivity contribution in [2.45, 2.75) is 45.7 Å². The van der Waals surface area contributed by atoms with Gasteiger partial charge in [0.15, 0.2) is 6.54 Å². The average molecular weight is 266 g/mol. The first kappa shape index (κ1) is 15.6. The lowest BCUT2D eigenvalue weighted by atomic mass is 10.1. The number of aliphatic imine (C=N–C) groups is 1. The number of carboxylic acids is 1. The summed E-state index contributed by atoms with van der Waals surface area (Å²) in [6.07, 6.45) is 11.2. The predicted octanol–water partition coefficient (Wildman–Crippen LogP) is 2.21. The zero-order chi connectivity index (χ0) is 14.3. The molecular formula is C14H24N3O2+. The summed E-state index contributed by atoms with van der Waals surface area (Å²) in [5.41, 5.74) is 5.99. The molecule has 0 bridgehead atoms. The maximum absolute atomic E-state index is 11.1. The van der Waals surface area contributed by atoms with Crippen LogP contribution in [0, 0.1) is 0 Å². The Morgan fingerprint density at radius 2 is 2.32 bits per heavy atom. The smallest absolute Gasteiger partial charge is 0.360 e. The van der Waals surface area contributed by atoms with Crippen molar-refractivity contribution in [3.63, 3.8) is 0 Å². The second-order valence-corrected chi connectivity index (χ2v) is 4.84. The summed E-state index contributed by atoms with van der Waals surface area (Å²) in [6.45, 7) is 3.88. The van der Waals surface area contributed by atoms with Gasteiger partial charge in [-0.15, -0.1) is 0 Å². The summed E-state index contributed by atoms with van der Waals surface area (Å²) in [4.78, 5) is 15.4. The lowest BCUT2D eigenvalue weighted by molar-refractivity contribution is -0.805. The van der Waals surface area contributed by atoms with Crippen molar-refractivity contribution in [3.8, 4) is 0 Å². The van der Waals surface area contributed by atoms with Crippen LogP contribution in [-0.4, -0.2) is 34.1 Å². The van der Waals surface area contributed by atoms with Crippen LogP contribution >= 0.6 is 0 Å². The highest BCUT2D eigenvalue weighted by atomic mass is 16.4. The van der Waals surface area contributed by atoms with E-state index in [-0.39, 0.29) is 17.2 Å². The first-order chi connectivity index (χ1) is 9.03. The molecule has 0 aromatic rings. The molecule has 0 aliphatic carbocycles. The summed E-state index contributed by atoms with van der Waals surface area (Å²) in [7, 11) is 0. The van der Waals surface area contributed by atoms with Crippen molar-refractivity contribution < 1.29 is 14.4 Å². The Balaban J connectivity index is 2.66. The van der Waals surface area contributed by atoms with Crippen LogP contribution < -0.4 is 5.73 Å². The molecule has 0 radical (unpaired) electrons. The van der Waals surface area contributed by atoms with E-state index in [1.165, 1.54) is 0 Å². The van der Waals surface area contributed by atoms with Gasteiger partial charge in [-0.2, -0.15) is 0 Å². The van der Waals surface area contributed by atoms with Crippen molar-refractivity contribution in [2.75, 3.05) is 6.54 Å². The number of amidine groups is 1.